The van der Waals surface area contributed by atoms with Gasteiger partial charge in [0.15, 0.2) is 0 Å². The van der Waals surface area contributed by atoms with Crippen LogP contribution in [-0.4, -0.2) is 18.1 Å². The Morgan fingerprint density at radius 2 is 2.14 bits per heavy atom. The van der Waals surface area contributed by atoms with E-state index in [1.165, 1.54) is 23.0 Å². The number of halogens is 1. The zero-order valence-electron chi connectivity index (χ0n) is 8.41. The Bertz CT molecular complexity index is 359. The highest BCUT2D eigenvalue weighted by Gasteiger charge is 2.23. The predicted octanol–water partition coefficient (Wildman–Crippen LogP) is 3.31. The first-order valence-corrected chi connectivity index (χ1v) is 5.74. The van der Waals surface area contributed by atoms with E-state index in [1.807, 2.05) is 0 Å². The summed E-state index contributed by atoms with van der Waals surface area (Å²) < 4.78 is 2.25. The molecule has 0 N–H and O–H groups in total. The Morgan fingerprint density at radius 1 is 1.36 bits per heavy atom. The van der Waals surface area contributed by atoms with Gasteiger partial charge in [0.1, 0.15) is 6.54 Å². The van der Waals surface area contributed by atoms with Crippen LogP contribution in [-0.2, 0) is 6.54 Å². The van der Waals surface area contributed by atoms with Gasteiger partial charge < -0.3 is 0 Å². The Hall–Kier alpha value is -0.600. The van der Waals surface area contributed by atoms with E-state index in [2.05, 4.69) is 59.5 Å². The van der Waals surface area contributed by atoms with Crippen molar-refractivity contribution >= 4 is 15.9 Å². The molecule has 1 nitrogen and oxygen atoms in total. The van der Waals surface area contributed by atoms with Crippen LogP contribution in [0.4, 0.5) is 0 Å². The van der Waals surface area contributed by atoms with Crippen molar-refractivity contribution in [3.8, 4) is 0 Å². The SMILES string of the molecule is C[N+]1(Cc2ccccc2Br)C=CCC1. The molecule has 1 aliphatic rings. The number of hydrogen-bond donors (Lipinski definition) is 0. The van der Waals surface area contributed by atoms with Gasteiger partial charge in [0.05, 0.1) is 19.8 Å². The van der Waals surface area contributed by atoms with Gasteiger partial charge in [-0.25, -0.2) is 0 Å². The zero-order valence-corrected chi connectivity index (χ0v) is 10.00. The van der Waals surface area contributed by atoms with E-state index in [0.717, 1.165) is 11.0 Å². The maximum atomic E-state index is 3.59. The van der Waals surface area contributed by atoms with Crippen LogP contribution < -0.4 is 0 Å². The van der Waals surface area contributed by atoms with Gasteiger partial charge in [0.25, 0.3) is 0 Å². The van der Waals surface area contributed by atoms with Crippen molar-refractivity contribution in [3.05, 3.63) is 46.6 Å². The van der Waals surface area contributed by atoms with Crippen LogP contribution in [0.2, 0.25) is 0 Å². The lowest BCUT2D eigenvalue weighted by atomic mass is 10.2. The van der Waals surface area contributed by atoms with Crippen LogP contribution in [0.25, 0.3) is 0 Å². The third-order valence-electron chi connectivity index (χ3n) is 2.76. The summed E-state index contributed by atoms with van der Waals surface area (Å²) in [4.78, 5) is 0. The van der Waals surface area contributed by atoms with E-state index >= 15 is 0 Å². The van der Waals surface area contributed by atoms with Crippen LogP contribution in [0.1, 0.15) is 12.0 Å². The molecule has 14 heavy (non-hydrogen) atoms. The molecule has 0 radical (unpaired) electrons. The molecule has 1 atom stereocenters. The van der Waals surface area contributed by atoms with E-state index in [9.17, 15) is 0 Å². The first-order valence-electron chi connectivity index (χ1n) is 4.95. The molecule has 0 saturated carbocycles. The molecule has 1 aliphatic heterocycles. The summed E-state index contributed by atoms with van der Waals surface area (Å²) in [5, 5.41) is 0. The average Bonchev–Trinajstić information content (AvgIpc) is 2.57. The van der Waals surface area contributed by atoms with Crippen LogP contribution >= 0.6 is 15.9 Å². The molecular formula is C12H15BrN+. The molecule has 2 rings (SSSR count). The summed E-state index contributed by atoms with van der Waals surface area (Å²) in [5.41, 5.74) is 1.39. The number of quaternary nitrogens is 1. The molecular weight excluding hydrogens is 238 g/mol. The Balaban J connectivity index is 2.18. The molecule has 1 aromatic carbocycles. The largest absolute Gasteiger partial charge is 0.296 e. The van der Waals surface area contributed by atoms with Gasteiger partial charge in [-0.1, -0.05) is 34.1 Å². The van der Waals surface area contributed by atoms with Crippen LogP contribution in [0.3, 0.4) is 0 Å². The number of nitrogens with zero attached hydrogens (tertiary/aromatic N) is 1. The minimum atomic E-state index is 1.03. The second-order valence-corrected chi connectivity index (χ2v) is 4.98. The highest BCUT2D eigenvalue weighted by Crippen LogP contribution is 2.23. The van der Waals surface area contributed by atoms with E-state index in [1.54, 1.807) is 0 Å². The summed E-state index contributed by atoms with van der Waals surface area (Å²) in [7, 11) is 2.28. The van der Waals surface area contributed by atoms with E-state index < -0.39 is 0 Å². The van der Waals surface area contributed by atoms with Crippen molar-refractivity contribution in [2.75, 3.05) is 13.6 Å². The lowest BCUT2D eigenvalue weighted by Crippen LogP contribution is -2.35. The Morgan fingerprint density at radius 3 is 2.79 bits per heavy atom. The first-order chi connectivity index (χ1) is 6.70. The van der Waals surface area contributed by atoms with Gasteiger partial charge in [0, 0.05) is 16.5 Å². The molecule has 0 aromatic heterocycles. The van der Waals surface area contributed by atoms with Crippen LogP contribution in [0, 0.1) is 0 Å². The van der Waals surface area contributed by atoms with Gasteiger partial charge in [-0.15, -0.1) is 0 Å². The fourth-order valence-electron chi connectivity index (χ4n) is 1.92. The molecule has 0 spiro atoms. The molecule has 0 bridgehead atoms. The first kappa shape index (κ1) is 9.94. The lowest BCUT2D eigenvalue weighted by molar-refractivity contribution is -0.867. The van der Waals surface area contributed by atoms with Crippen molar-refractivity contribution in [2.45, 2.75) is 13.0 Å². The highest BCUT2D eigenvalue weighted by molar-refractivity contribution is 9.10. The molecule has 0 fully saturated rings. The number of rotatable bonds is 2. The van der Waals surface area contributed by atoms with Gasteiger partial charge in [-0.05, 0) is 12.1 Å². The standard InChI is InChI=1S/C12H15BrN/c1-14(8-4-5-9-14)10-11-6-2-3-7-12(11)13/h2-4,6-8H,5,9-10H2,1H3/q+1. The summed E-state index contributed by atoms with van der Waals surface area (Å²) in [6, 6.07) is 8.47. The summed E-state index contributed by atoms with van der Waals surface area (Å²) in [6.45, 7) is 2.30. The Kier molecular flexibility index (Phi) is 2.75. The molecule has 1 heterocycles. The minimum absolute atomic E-state index is 1.03. The normalized spacial score (nSPS) is 25.6. The maximum absolute atomic E-state index is 3.59. The quantitative estimate of drug-likeness (QED) is 0.709. The van der Waals surface area contributed by atoms with Crippen molar-refractivity contribution in [1.82, 2.24) is 0 Å². The third-order valence-corrected chi connectivity index (χ3v) is 3.53. The van der Waals surface area contributed by atoms with Gasteiger partial charge in [-0.3, -0.25) is 4.48 Å². The van der Waals surface area contributed by atoms with Gasteiger partial charge in [0.2, 0.25) is 0 Å². The highest BCUT2D eigenvalue weighted by atomic mass is 79.9. The second kappa shape index (κ2) is 3.87. The van der Waals surface area contributed by atoms with Crippen LogP contribution in [0.15, 0.2) is 41.0 Å². The molecule has 2 heteroatoms. The average molecular weight is 253 g/mol. The maximum Gasteiger partial charge on any atom is 0.109 e. The lowest BCUT2D eigenvalue weighted by Gasteiger charge is -2.26. The molecule has 74 valence electrons. The van der Waals surface area contributed by atoms with E-state index in [4.69, 9.17) is 0 Å². The monoisotopic (exact) mass is 252 g/mol. The van der Waals surface area contributed by atoms with E-state index in [-0.39, 0.29) is 0 Å². The number of hydrogen-bond acceptors (Lipinski definition) is 0. The predicted molar refractivity (Wildman–Crippen MR) is 62.7 cm³/mol. The molecule has 1 unspecified atom stereocenters. The Labute approximate surface area is 93.8 Å². The molecule has 1 aromatic rings. The molecule has 0 aliphatic carbocycles. The van der Waals surface area contributed by atoms with Crippen molar-refractivity contribution in [3.63, 3.8) is 0 Å². The van der Waals surface area contributed by atoms with Crippen molar-refractivity contribution < 1.29 is 4.48 Å². The van der Waals surface area contributed by atoms with E-state index in [0.29, 0.717) is 0 Å². The third kappa shape index (κ3) is 2.07. The second-order valence-electron chi connectivity index (χ2n) is 4.13. The fraction of sp³-hybridized carbons (Fsp3) is 0.333. The number of benzene rings is 1. The van der Waals surface area contributed by atoms with Gasteiger partial charge in [-0.2, -0.15) is 0 Å². The zero-order chi connectivity index (χ0) is 10.0. The van der Waals surface area contributed by atoms with Crippen LogP contribution in [0.5, 0.6) is 0 Å². The summed E-state index contributed by atoms with van der Waals surface area (Å²) >= 11 is 3.59. The van der Waals surface area contributed by atoms with Gasteiger partial charge >= 0.3 is 0 Å². The minimum Gasteiger partial charge on any atom is -0.296 e. The molecule has 0 amide bonds. The van der Waals surface area contributed by atoms with Crippen molar-refractivity contribution in [1.29, 1.82) is 0 Å². The molecule has 0 saturated heterocycles. The topological polar surface area (TPSA) is 0 Å². The smallest absolute Gasteiger partial charge is 0.109 e. The summed E-state index contributed by atoms with van der Waals surface area (Å²) in [6.07, 6.45) is 5.79. The van der Waals surface area contributed by atoms with Crippen molar-refractivity contribution in [2.24, 2.45) is 0 Å². The fourth-order valence-corrected chi connectivity index (χ4v) is 2.33. The summed E-state index contributed by atoms with van der Waals surface area (Å²) in [5.74, 6) is 0.